The molecule has 5 aromatic carbocycles. The van der Waals surface area contributed by atoms with Crippen molar-refractivity contribution in [1.82, 2.24) is 4.98 Å². The van der Waals surface area contributed by atoms with E-state index in [1.54, 1.807) is 0 Å². The zero-order valence-electron chi connectivity index (χ0n) is 21.1. The second-order valence-corrected chi connectivity index (χ2v) is 9.85. The van der Waals surface area contributed by atoms with Gasteiger partial charge in [-0.25, -0.2) is 0 Å². The van der Waals surface area contributed by atoms with Crippen LogP contribution >= 0.6 is 0 Å². The molecule has 0 aliphatic heterocycles. The topological polar surface area (TPSA) is 42.1 Å². The normalized spacial score (nSPS) is 12.1. The van der Waals surface area contributed by atoms with Gasteiger partial charge in [-0.3, -0.25) is 0 Å². The summed E-state index contributed by atoms with van der Waals surface area (Å²) in [7, 11) is 0. The second-order valence-electron chi connectivity index (χ2n) is 9.85. The minimum atomic E-state index is 0.896. The minimum Gasteiger partial charge on any atom is -0.455 e. The van der Waals surface area contributed by atoms with Gasteiger partial charge in [0.1, 0.15) is 22.3 Å². The molecule has 184 valence electrons. The maximum atomic E-state index is 6.33. The Bertz CT molecular complexity index is 2250. The van der Waals surface area contributed by atoms with Crippen LogP contribution in [0, 0.1) is 0 Å². The van der Waals surface area contributed by atoms with Gasteiger partial charge in [-0.2, -0.15) is 0 Å². The van der Waals surface area contributed by atoms with Gasteiger partial charge in [-0.15, -0.1) is 0 Å². The van der Waals surface area contributed by atoms with E-state index in [1.807, 2.05) is 36.4 Å². The standard InChI is InChI=1S/C36H23NO2/c1-2-31-25(19-17-22-9-7-13-28-26-10-3-5-15-33(26)38-35(22)28)30-21-23(18-20-32(30)37-31)24-12-8-14-29-27-11-4-6-16-34(27)39-36(24)29/h2-21,37H,1H2. The molecule has 1 N–H and O–H groups in total. The van der Waals surface area contributed by atoms with Crippen LogP contribution in [0.2, 0.25) is 0 Å². The van der Waals surface area contributed by atoms with Gasteiger partial charge in [-0.1, -0.05) is 97.6 Å². The molecule has 0 amide bonds. The van der Waals surface area contributed by atoms with Gasteiger partial charge in [0.25, 0.3) is 0 Å². The SMILES string of the molecule is C=Cc1[nH]c2ccc(-c3cccc4c3oc3ccccc34)cc2c1C=Cc1cccc2c1oc1ccccc12. The summed E-state index contributed by atoms with van der Waals surface area (Å²) in [4.78, 5) is 3.53. The van der Waals surface area contributed by atoms with Crippen molar-refractivity contribution < 1.29 is 8.83 Å². The third kappa shape index (κ3) is 3.30. The first kappa shape index (κ1) is 21.8. The first-order valence-corrected chi connectivity index (χ1v) is 13.1. The van der Waals surface area contributed by atoms with Crippen molar-refractivity contribution in [1.29, 1.82) is 0 Å². The van der Waals surface area contributed by atoms with Gasteiger partial charge in [0.2, 0.25) is 0 Å². The van der Waals surface area contributed by atoms with Crippen LogP contribution in [0.4, 0.5) is 0 Å². The molecule has 8 rings (SSSR count). The van der Waals surface area contributed by atoms with Gasteiger partial charge < -0.3 is 13.8 Å². The number of furan rings is 2. The molecule has 3 heterocycles. The van der Waals surface area contributed by atoms with Crippen molar-refractivity contribution in [2.45, 2.75) is 0 Å². The van der Waals surface area contributed by atoms with Crippen molar-refractivity contribution in [2.24, 2.45) is 0 Å². The van der Waals surface area contributed by atoms with Crippen LogP contribution in [0.15, 0.2) is 119 Å². The maximum absolute atomic E-state index is 6.33. The van der Waals surface area contributed by atoms with Crippen LogP contribution in [0.3, 0.4) is 0 Å². The summed E-state index contributed by atoms with van der Waals surface area (Å²) >= 11 is 0. The Morgan fingerprint density at radius 1 is 0.590 bits per heavy atom. The monoisotopic (exact) mass is 501 g/mol. The number of hydrogen-bond donors (Lipinski definition) is 1. The quantitative estimate of drug-likeness (QED) is 0.261. The number of H-pyrrole nitrogens is 1. The van der Waals surface area contributed by atoms with Gasteiger partial charge in [-0.05, 0) is 35.9 Å². The second kappa shape index (κ2) is 8.37. The van der Waals surface area contributed by atoms with Crippen molar-refractivity contribution >= 4 is 73.0 Å². The van der Waals surface area contributed by atoms with Crippen molar-refractivity contribution in [3.8, 4) is 11.1 Å². The Labute approximate surface area is 224 Å². The van der Waals surface area contributed by atoms with Crippen LogP contribution in [-0.2, 0) is 0 Å². The van der Waals surface area contributed by atoms with Crippen molar-refractivity contribution in [2.75, 3.05) is 0 Å². The molecule has 0 aliphatic carbocycles. The predicted octanol–water partition coefficient (Wildman–Crippen LogP) is 10.4. The lowest BCUT2D eigenvalue weighted by molar-refractivity contribution is 0.668. The number of aromatic amines is 1. The van der Waals surface area contributed by atoms with Crippen LogP contribution in [0.1, 0.15) is 16.8 Å². The fourth-order valence-electron chi connectivity index (χ4n) is 5.79. The minimum absolute atomic E-state index is 0.896. The number of fused-ring (bicyclic) bond motifs is 7. The highest BCUT2D eigenvalue weighted by Crippen LogP contribution is 2.38. The van der Waals surface area contributed by atoms with E-state index in [-0.39, 0.29) is 0 Å². The highest BCUT2D eigenvalue weighted by atomic mass is 16.3. The van der Waals surface area contributed by atoms with E-state index in [9.17, 15) is 0 Å². The fourth-order valence-corrected chi connectivity index (χ4v) is 5.79. The molecule has 0 saturated heterocycles. The molecule has 3 aromatic heterocycles. The first-order chi connectivity index (χ1) is 19.3. The van der Waals surface area contributed by atoms with E-state index in [4.69, 9.17) is 8.83 Å². The van der Waals surface area contributed by atoms with Gasteiger partial charge >= 0.3 is 0 Å². The largest absolute Gasteiger partial charge is 0.455 e. The highest BCUT2D eigenvalue weighted by Gasteiger charge is 2.15. The number of para-hydroxylation sites is 4. The van der Waals surface area contributed by atoms with Crippen LogP contribution in [0.5, 0.6) is 0 Å². The summed E-state index contributed by atoms with van der Waals surface area (Å²) in [6, 6.07) is 35.6. The fraction of sp³-hybridized carbons (Fsp3) is 0. The van der Waals surface area contributed by atoms with Gasteiger partial charge in [0.05, 0.1) is 0 Å². The molecule has 0 aliphatic rings. The maximum Gasteiger partial charge on any atom is 0.143 e. The zero-order valence-corrected chi connectivity index (χ0v) is 21.1. The molecular formula is C36H23NO2. The summed E-state index contributed by atoms with van der Waals surface area (Å²) in [6.45, 7) is 4.07. The third-order valence-electron chi connectivity index (χ3n) is 7.65. The van der Waals surface area contributed by atoms with E-state index in [2.05, 4.69) is 96.5 Å². The number of aromatic nitrogens is 1. The molecule has 0 spiro atoms. The molecule has 0 fully saturated rings. The average molecular weight is 502 g/mol. The number of rotatable bonds is 4. The van der Waals surface area contributed by atoms with E-state index in [1.165, 1.54) is 0 Å². The van der Waals surface area contributed by atoms with E-state index in [0.29, 0.717) is 0 Å². The Kier molecular flexibility index (Phi) is 4.67. The molecule has 0 saturated carbocycles. The summed E-state index contributed by atoms with van der Waals surface area (Å²) in [5.74, 6) is 0. The molecule has 8 aromatic rings. The Hall–Kier alpha value is -5.28. The van der Waals surface area contributed by atoms with Crippen LogP contribution < -0.4 is 0 Å². The Balaban J connectivity index is 1.29. The lowest BCUT2D eigenvalue weighted by atomic mass is 9.99. The average Bonchev–Trinajstić information content (AvgIpc) is 3.66. The molecule has 3 heteroatoms. The third-order valence-corrected chi connectivity index (χ3v) is 7.65. The Morgan fingerprint density at radius 2 is 1.26 bits per heavy atom. The van der Waals surface area contributed by atoms with E-state index < -0.39 is 0 Å². The summed E-state index contributed by atoms with van der Waals surface area (Å²) in [5.41, 5.74) is 9.96. The summed E-state index contributed by atoms with van der Waals surface area (Å²) < 4.78 is 12.6. The number of nitrogens with one attached hydrogen (secondary N) is 1. The lowest BCUT2D eigenvalue weighted by Crippen LogP contribution is -1.80. The summed E-state index contributed by atoms with van der Waals surface area (Å²) in [5, 5.41) is 5.64. The first-order valence-electron chi connectivity index (χ1n) is 13.1. The zero-order chi connectivity index (χ0) is 25.9. The molecule has 3 nitrogen and oxygen atoms in total. The molecule has 0 unspecified atom stereocenters. The number of hydrogen-bond acceptors (Lipinski definition) is 2. The van der Waals surface area contributed by atoms with Crippen LogP contribution in [0.25, 0.3) is 84.1 Å². The van der Waals surface area contributed by atoms with E-state index >= 15 is 0 Å². The lowest BCUT2D eigenvalue weighted by Gasteiger charge is -2.04. The highest BCUT2D eigenvalue weighted by molar-refractivity contribution is 6.11. The number of benzene rings is 5. The van der Waals surface area contributed by atoms with E-state index in [0.717, 1.165) is 82.7 Å². The van der Waals surface area contributed by atoms with Gasteiger partial charge in [0.15, 0.2) is 0 Å². The summed E-state index contributed by atoms with van der Waals surface area (Å²) in [6.07, 6.45) is 6.16. The molecular weight excluding hydrogens is 478 g/mol. The van der Waals surface area contributed by atoms with Crippen molar-refractivity contribution in [3.05, 3.63) is 127 Å². The van der Waals surface area contributed by atoms with Crippen LogP contribution in [-0.4, -0.2) is 4.98 Å². The molecule has 0 bridgehead atoms. The van der Waals surface area contributed by atoms with Crippen molar-refractivity contribution in [3.63, 3.8) is 0 Å². The molecule has 0 radical (unpaired) electrons. The van der Waals surface area contributed by atoms with Gasteiger partial charge in [0, 0.05) is 54.8 Å². The molecule has 39 heavy (non-hydrogen) atoms. The Morgan fingerprint density at radius 3 is 2.03 bits per heavy atom. The predicted molar refractivity (Wildman–Crippen MR) is 164 cm³/mol. The smallest absolute Gasteiger partial charge is 0.143 e. The molecule has 0 atom stereocenters.